The Morgan fingerprint density at radius 3 is 2.29 bits per heavy atom. The van der Waals surface area contributed by atoms with Crippen LogP contribution in [0, 0.1) is 25.2 Å². The van der Waals surface area contributed by atoms with Crippen molar-refractivity contribution in [3.8, 4) is 17.6 Å². The number of aryl methyl sites for hydroxylation is 2. The largest absolute Gasteiger partial charge is 0.489 e. The molecule has 0 aliphatic rings. The third-order valence-corrected chi connectivity index (χ3v) is 6.70. The molecule has 5 aromatic rings. The number of hydrogen-bond donors (Lipinski definition) is 1. The minimum absolute atomic E-state index is 0.0264. The van der Waals surface area contributed by atoms with E-state index in [0.29, 0.717) is 36.0 Å². The van der Waals surface area contributed by atoms with E-state index in [1.807, 2.05) is 80.6 Å². The van der Waals surface area contributed by atoms with E-state index in [4.69, 9.17) is 9.47 Å². The third-order valence-electron chi connectivity index (χ3n) is 6.70. The van der Waals surface area contributed by atoms with Crippen LogP contribution in [0.2, 0.25) is 0 Å². The van der Waals surface area contributed by atoms with Crippen molar-refractivity contribution in [1.82, 2.24) is 0 Å². The lowest BCUT2D eigenvalue weighted by molar-refractivity contribution is -0.112. The van der Waals surface area contributed by atoms with Gasteiger partial charge in [0.25, 0.3) is 5.91 Å². The summed E-state index contributed by atoms with van der Waals surface area (Å²) in [4.78, 5) is 13.2. The van der Waals surface area contributed by atoms with Gasteiger partial charge in [0.2, 0.25) is 0 Å². The van der Waals surface area contributed by atoms with Gasteiger partial charge in [0.1, 0.15) is 36.4 Å². The quantitative estimate of drug-likeness (QED) is 0.152. The van der Waals surface area contributed by atoms with Crippen LogP contribution in [0.25, 0.3) is 16.8 Å². The summed E-state index contributed by atoms with van der Waals surface area (Å²) >= 11 is 0. The number of anilines is 1. The number of nitrogens with one attached hydrogen (secondary N) is 1. The minimum Gasteiger partial charge on any atom is -0.489 e. The fourth-order valence-corrected chi connectivity index (χ4v) is 4.49. The van der Waals surface area contributed by atoms with E-state index < -0.39 is 5.91 Å². The zero-order valence-corrected chi connectivity index (χ0v) is 23.1. The normalized spacial score (nSPS) is 11.1. The van der Waals surface area contributed by atoms with Crippen molar-refractivity contribution in [1.29, 1.82) is 5.26 Å². The van der Waals surface area contributed by atoms with Crippen LogP contribution < -0.4 is 14.8 Å². The number of carbonyl (C=O) groups is 1. The zero-order chi connectivity index (χ0) is 28.6. The molecule has 5 heteroatoms. The highest BCUT2D eigenvalue weighted by Crippen LogP contribution is 2.31. The number of carbonyl (C=O) groups excluding carboxylic acids is 1. The van der Waals surface area contributed by atoms with Gasteiger partial charge in [-0.25, -0.2) is 0 Å². The van der Waals surface area contributed by atoms with Gasteiger partial charge in [-0.3, -0.25) is 4.79 Å². The monoisotopic (exact) mass is 538 g/mol. The van der Waals surface area contributed by atoms with Crippen molar-refractivity contribution in [3.05, 3.63) is 143 Å². The molecule has 0 spiro atoms. The Morgan fingerprint density at radius 2 is 1.54 bits per heavy atom. The van der Waals surface area contributed by atoms with Crippen LogP contribution in [0.4, 0.5) is 5.69 Å². The van der Waals surface area contributed by atoms with Crippen molar-refractivity contribution in [2.24, 2.45) is 0 Å². The average molecular weight is 539 g/mol. The molecule has 0 radical (unpaired) electrons. The molecule has 0 saturated carbocycles. The van der Waals surface area contributed by atoms with Crippen molar-refractivity contribution < 1.29 is 14.3 Å². The number of benzene rings is 5. The highest BCUT2D eigenvalue weighted by Gasteiger charge is 2.14. The molecular formula is C36H30N2O3. The summed E-state index contributed by atoms with van der Waals surface area (Å²) in [6.07, 6.45) is 1.60. The molecule has 0 heterocycles. The second kappa shape index (κ2) is 12.7. The Balaban J connectivity index is 1.33. The smallest absolute Gasteiger partial charge is 0.266 e. The number of fused-ring (bicyclic) bond motifs is 1. The van der Waals surface area contributed by atoms with Gasteiger partial charge in [-0.05, 0) is 72.2 Å². The summed E-state index contributed by atoms with van der Waals surface area (Å²) in [5.41, 5.74) is 5.69. The number of amides is 1. The molecule has 5 aromatic carbocycles. The van der Waals surface area contributed by atoms with Crippen molar-refractivity contribution in [3.63, 3.8) is 0 Å². The van der Waals surface area contributed by atoms with E-state index in [0.717, 1.165) is 27.5 Å². The van der Waals surface area contributed by atoms with E-state index in [9.17, 15) is 10.1 Å². The summed E-state index contributed by atoms with van der Waals surface area (Å²) in [7, 11) is 0. The Hall–Kier alpha value is -5.34. The number of nitrogens with zero attached hydrogens (tertiary/aromatic N) is 1. The molecular weight excluding hydrogens is 508 g/mol. The van der Waals surface area contributed by atoms with Crippen molar-refractivity contribution in [2.75, 3.05) is 5.32 Å². The Kier molecular flexibility index (Phi) is 8.42. The summed E-state index contributed by atoms with van der Waals surface area (Å²) < 4.78 is 12.1. The molecule has 41 heavy (non-hydrogen) atoms. The second-order valence-electron chi connectivity index (χ2n) is 9.90. The fraction of sp³-hybridized carbons (Fsp3) is 0.111. The van der Waals surface area contributed by atoms with Gasteiger partial charge in [-0.1, -0.05) is 90.0 Å². The molecule has 0 aliphatic carbocycles. The molecule has 0 fully saturated rings. The zero-order valence-electron chi connectivity index (χ0n) is 23.1. The van der Waals surface area contributed by atoms with Gasteiger partial charge in [0, 0.05) is 11.3 Å². The minimum atomic E-state index is -0.501. The molecule has 1 amide bonds. The number of rotatable bonds is 9. The van der Waals surface area contributed by atoms with Gasteiger partial charge in [0.05, 0.1) is 0 Å². The third kappa shape index (κ3) is 7.00. The average Bonchev–Trinajstić information content (AvgIpc) is 2.99. The SMILES string of the molecule is Cc1ccc(COc2ccc(NC(=O)/C(C#N)=C/c3c(OCc4cccc(C)c4)ccc4ccccc34)cc2)cc1. The second-order valence-corrected chi connectivity index (χ2v) is 9.90. The van der Waals surface area contributed by atoms with E-state index >= 15 is 0 Å². The highest BCUT2D eigenvalue weighted by molar-refractivity contribution is 6.11. The van der Waals surface area contributed by atoms with Crippen molar-refractivity contribution in [2.45, 2.75) is 27.1 Å². The lowest BCUT2D eigenvalue weighted by atomic mass is 10.0. The Bertz CT molecular complexity index is 1750. The first kappa shape index (κ1) is 27.2. The van der Waals surface area contributed by atoms with Crippen LogP contribution in [-0.4, -0.2) is 5.91 Å². The van der Waals surface area contributed by atoms with Crippen molar-refractivity contribution >= 4 is 28.4 Å². The Morgan fingerprint density at radius 1 is 0.780 bits per heavy atom. The predicted octanol–water partition coefficient (Wildman–Crippen LogP) is 8.16. The molecule has 0 atom stereocenters. The molecule has 0 unspecified atom stereocenters. The van der Waals surface area contributed by atoms with E-state index in [1.54, 1.807) is 30.3 Å². The molecule has 0 aromatic heterocycles. The standard InChI is InChI=1S/C36H30N2O3/c1-25-10-12-27(13-11-25)23-40-32-17-15-31(16-18-32)38-36(39)30(22-37)21-34-33-9-4-3-8-29(33)14-19-35(34)41-24-28-7-5-6-26(2)20-28/h3-21H,23-24H2,1-2H3,(H,38,39)/b30-21+. The summed E-state index contributed by atoms with van der Waals surface area (Å²) in [6, 6.07) is 37.2. The molecule has 5 nitrogen and oxygen atoms in total. The van der Waals surface area contributed by atoms with Gasteiger partial charge < -0.3 is 14.8 Å². The molecule has 0 bridgehead atoms. The summed E-state index contributed by atoms with van der Waals surface area (Å²) in [5.74, 6) is 0.782. The highest BCUT2D eigenvalue weighted by atomic mass is 16.5. The first-order chi connectivity index (χ1) is 20.0. The van der Waals surface area contributed by atoms with E-state index in [-0.39, 0.29) is 5.57 Å². The van der Waals surface area contributed by atoms with Crippen LogP contribution >= 0.6 is 0 Å². The van der Waals surface area contributed by atoms with Gasteiger partial charge in [0.15, 0.2) is 0 Å². The van der Waals surface area contributed by atoms with E-state index in [1.165, 1.54) is 5.56 Å². The summed E-state index contributed by atoms with van der Waals surface area (Å²) in [6.45, 7) is 4.91. The topological polar surface area (TPSA) is 71.3 Å². The number of ether oxygens (including phenoxy) is 2. The van der Waals surface area contributed by atoms with Crippen LogP contribution in [0.15, 0.2) is 115 Å². The maximum atomic E-state index is 13.2. The summed E-state index contributed by atoms with van der Waals surface area (Å²) in [5, 5.41) is 14.6. The van der Waals surface area contributed by atoms with Crippen LogP contribution in [-0.2, 0) is 18.0 Å². The molecule has 5 rings (SSSR count). The van der Waals surface area contributed by atoms with Crippen LogP contribution in [0.1, 0.15) is 27.8 Å². The molecule has 202 valence electrons. The first-order valence-electron chi connectivity index (χ1n) is 13.4. The maximum absolute atomic E-state index is 13.2. The predicted molar refractivity (Wildman–Crippen MR) is 164 cm³/mol. The number of hydrogen-bond acceptors (Lipinski definition) is 4. The molecule has 0 saturated heterocycles. The molecule has 0 aliphatic heterocycles. The van der Waals surface area contributed by atoms with Gasteiger partial charge in [-0.15, -0.1) is 0 Å². The van der Waals surface area contributed by atoms with Gasteiger partial charge >= 0.3 is 0 Å². The van der Waals surface area contributed by atoms with E-state index in [2.05, 4.69) is 29.6 Å². The lowest BCUT2D eigenvalue weighted by Gasteiger charge is -2.13. The molecule has 1 N–H and O–H groups in total. The van der Waals surface area contributed by atoms with Crippen LogP contribution in [0.5, 0.6) is 11.5 Å². The maximum Gasteiger partial charge on any atom is 0.266 e. The lowest BCUT2D eigenvalue weighted by Crippen LogP contribution is -2.13. The first-order valence-corrected chi connectivity index (χ1v) is 13.4. The Labute approximate surface area is 240 Å². The van der Waals surface area contributed by atoms with Gasteiger partial charge in [-0.2, -0.15) is 5.26 Å². The fourth-order valence-electron chi connectivity index (χ4n) is 4.49. The van der Waals surface area contributed by atoms with Crippen LogP contribution in [0.3, 0.4) is 0 Å². The number of nitriles is 1.